The summed E-state index contributed by atoms with van der Waals surface area (Å²) in [5, 5.41) is 3.71. The van der Waals surface area contributed by atoms with Gasteiger partial charge in [0.15, 0.2) is 0 Å². The molecule has 0 aliphatic heterocycles. The van der Waals surface area contributed by atoms with Crippen molar-refractivity contribution < 1.29 is 0 Å². The molecular weight excluding hydrogens is 386 g/mol. The zero-order valence-electron chi connectivity index (χ0n) is 11.9. The summed E-state index contributed by atoms with van der Waals surface area (Å²) >= 11 is 9.11. The second-order valence-electron chi connectivity index (χ2n) is 5.83. The Morgan fingerprint density at radius 2 is 2.05 bits per heavy atom. The van der Waals surface area contributed by atoms with Crippen molar-refractivity contribution in [2.75, 3.05) is 6.54 Å². The highest BCUT2D eigenvalue weighted by Gasteiger charge is 2.31. The van der Waals surface area contributed by atoms with E-state index in [9.17, 15) is 0 Å². The molecule has 1 nitrogen and oxygen atoms in total. The Balaban J connectivity index is 2.15. The lowest BCUT2D eigenvalue weighted by atomic mass is 9.73. The summed E-state index contributed by atoms with van der Waals surface area (Å²) in [6, 6.07) is 2.80. The molecule has 1 aromatic rings. The van der Waals surface area contributed by atoms with E-state index in [0.29, 0.717) is 6.04 Å². The van der Waals surface area contributed by atoms with Crippen molar-refractivity contribution in [3.05, 3.63) is 19.2 Å². The first kappa shape index (κ1) is 16.0. The fraction of sp³-hybridized carbons (Fsp3) is 0.733. The lowest BCUT2D eigenvalue weighted by molar-refractivity contribution is 0.173. The number of rotatable bonds is 4. The molecule has 4 heteroatoms. The molecule has 2 rings (SSSR count). The summed E-state index contributed by atoms with van der Waals surface area (Å²) in [5.41, 5.74) is 0. The number of nitrogens with one attached hydrogen (secondary N) is 1. The monoisotopic (exact) mass is 407 g/mol. The minimum absolute atomic E-state index is 0.521. The minimum Gasteiger partial charge on any atom is -0.309 e. The van der Waals surface area contributed by atoms with Gasteiger partial charge in [-0.1, -0.05) is 27.2 Å². The Bertz CT molecular complexity index is 399. The van der Waals surface area contributed by atoms with Gasteiger partial charge >= 0.3 is 0 Å². The Hall–Kier alpha value is 0.620. The molecule has 108 valence electrons. The van der Waals surface area contributed by atoms with E-state index in [0.717, 1.165) is 24.3 Å². The third-order valence-electron chi connectivity index (χ3n) is 4.50. The van der Waals surface area contributed by atoms with E-state index in [4.69, 9.17) is 0 Å². The van der Waals surface area contributed by atoms with Crippen molar-refractivity contribution in [1.82, 2.24) is 5.32 Å². The normalized spacial score (nSPS) is 29.4. The van der Waals surface area contributed by atoms with Gasteiger partial charge in [-0.15, -0.1) is 11.3 Å². The molecule has 1 aliphatic rings. The third kappa shape index (κ3) is 3.84. The van der Waals surface area contributed by atoms with Gasteiger partial charge in [0.25, 0.3) is 0 Å². The van der Waals surface area contributed by atoms with Crippen LogP contribution in [-0.2, 0) is 0 Å². The zero-order valence-corrected chi connectivity index (χ0v) is 15.9. The van der Waals surface area contributed by atoms with Crippen molar-refractivity contribution in [2.45, 2.75) is 46.1 Å². The SMILES string of the molecule is CCNC(c1cc(Br)c(Br)s1)C1CCC(C)C(C)C1. The molecule has 1 fully saturated rings. The van der Waals surface area contributed by atoms with Gasteiger partial charge in [-0.3, -0.25) is 0 Å². The average Bonchev–Trinajstić information content (AvgIpc) is 2.70. The molecule has 1 N–H and O–H groups in total. The molecule has 0 aromatic carbocycles. The summed E-state index contributed by atoms with van der Waals surface area (Å²) in [5.74, 6) is 2.52. The van der Waals surface area contributed by atoms with Crippen LogP contribution in [0.4, 0.5) is 0 Å². The predicted molar refractivity (Wildman–Crippen MR) is 91.8 cm³/mol. The predicted octanol–water partition coefficient (Wildman–Crippen LogP) is 6.00. The molecule has 0 radical (unpaired) electrons. The lowest BCUT2D eigenvalue weighted by Gasteiger charge is -2.36. The molecule has 0 amide bonds. The topological polar surface area (TPSA) is 12.0 Å². The van der Waals surface area contributed by atoms with Crippen molar-refractivity contribution in [3.8, 4) is 0 Å². The van der Waals surface area contributed by atoms with Crippen LogP contribution < -0.4 is 5.32 Å². The summed E-state index contributed by atoms with van der Waals surface area (Å²) in [7, 11) is 0. The van der Waals surface area contributed by atoms with E-state index < -0.39 is 0 Å². The summed E-state index contributed by atoms with van der Waals surface area (Å²) in [6.07, 6.45) is 4.09. The molecule has 19 heavy (non-hydrogen) atoms. The largest absolute Gasteiger partial charge is 0.309 e. The molecule has 1 saturated carbocycles. The van der Waals surface area contributed by atoms with Crippen LogP contribution in [0.15, 0.2) is 14.3 Å². The van der Waals surface area contributed by atoms with E-state index in [1.807, 2.05) is 11.3 Å². The summed E-state index contributed by atoms with van der Waals surface area (Å²) in [6.45, 7) is 8.07. The van der Waals surface area contributed by atoms with E-state index in [-0.39, 0.29) is 0 Å². The zero-order chi connectivity index (χ0) is 14.0. The van der Waals surface area contributed by atoms with Crippen molar-refractivity contribution in [1.29, 1.82) is 0 Å². The molecule has 0 saturated heterocycles. The Morgan fingerprint density at radius 1 is 1.32 bits per heavy atom. The molecule has 4 atom stereocenters. The van der Waals surface area contributed by atoms with Crippen LogP contribution in [0.3, 0.4) is 0 Å². The van der Waals surface area contributed by atoms with Crippen LogP contribution in [0.1, 0.15) is 51.0 Å². The quantitative estimate of drug-likeness (QED) is 0.644. The van der Waals surface area contributed by atoms with Gasteiger partial charge in [0.2, 0.25) is 0 Å². The number of halogens is 2. The maximum absolute atomic E-state index is 3.71. The van der Waals surface area contributed by atoms with Gasteiger partial charge in [0.05, 0.1) is 3.79 Å². The molecule has 0 spiro atoms. The second-order valence-corrected chi connectivity index (χ2v) is 9.09. The third-order valence-corrected chi connectivity index (χ3v) is 7.84. The van der Waals surface area contributed by atoms with Gasteiger partial charge in [-0.2, -0.15) is 0 Å². The Morgan fingerprint density at radius 3 is 2.58 bits per heavy atom. The highest BCUT2D eigenvalue weighted by atomic mass is 79.9. The maximum Gasteiger partial charge on any atom is 0.0843 e. The molecule has 0 bridgehead atoms. The van der Waals surface area contributed by atoms with Crippen LogP contribution in [0.2, 0.25) is 0 Å². The second kappa shape index (κ2) is 7.06. The molecule has 4 unspecified atom stereocenters. The maximum atomic E-state index is 3.71. The fourth-order valence-corrected chi connectivity index (χ4v) is 5.39. The fourth-order valence-electron chi connectivity index (χ4n) is 3.13. The van der Waals surface area contributed by atoms with Crippen LogP contribution >= 0.6 is 43.2 Å². The molecule has 1 aliphatic carbocycles. The number of hydrogen-bond acceptors (Lipinski definition) is 2. The van der Waals surface area contributed by atoms with Crippen molar-refractivity contribution >= 4 is 43.2 Å². The highest BCUT2D eigenvalue weighted by molar-refractivity contribution is 9.13. The van der Waals surface area contributed by atoms with E-state index in [2.05, 4.69) is 64.0 Å². The Kier molecular flexibility index (Phi) is 5.94. The Labute approximate surface area is 137 Å². The first-order valence-corrected chi connectivity index (χ1v) is 9.61. The average molecular weight is 409 g/mol. The van der Waals surface area contributed by atoms with Gasteiger partial charge in [0.1, 0.15) is 0 Å². The molecular formula is C15H23Br2NS. The van der Waals surface area contributed by atoms with Crippen molar-refractivity contribution in [3.63, 3.8) is 0 Å². The standard InChI is InChI=1S/C15H23Br2NS/c1-4-18-14(13-8-12(16)15(17)19-13)11-6-5-9(2)10(3)7-11/h8-11,14,18H,4-7H2,1-3H3. The van der Waals surface area contributed by atoms with Crippen LogP contribution in [0.5, 0.6) is 0 Å². The lowest BCUT2D eigenvalue weighted by Crippen LogP contribution is -2.32. The van der Waals surface area contributed by atoms with Crippen LogP contribution in [0, 0.1) is 17.8 Å². The molecule has 1 heterocycles. The van der Waals surface area contributed by atoms with Crippen molar-refractivity contribution in [2.24, 2.45) is 17.8 Å². The first-order chi connectivity index (χ1) is 9.02. The highest BCUT2D eigenvalue weighted by Crippen LogP contribution is 2.43. The van der Waals surface area contributed by atoms with E-state index >= 15 is 0 Å². The first-order valence-electron chi connectivity index (χ1n) is 7.21. The van der Waals surface area contributed by atoms with E-state index in [1.54, 1.807) is 0 Å². The number of thiophene rings is 1. The molecule has 1 aromatic heterocycles. The van der Waals surface area contributed by atoms with Gasteiger partial charge < -0.3 is 5.32 Å². The van der Waals surface area contributed by atoms with E-state index in [1.165, 1.54) is 32.4 Å². The summed E-state index contributed by atoms with van der Waals surface area (Å²) in [4.78, 5) is 1.47. The summed E-state index contributed by atoms with van der Waals surface area (Å²) < 4.78 is 2.40. The minimum atomic E-state index is 0.521. The number of hydrogen-bond donors (Lipinski definition) is 1. The van der Waals surface area contributed by atoms with Crippen LogP contribution in [0.25, 0.3) is 0 Å². The van der Waals surface area contributed by atoms with Gasteiger partial charge in [-0.25, -0.2) is 0 Å². The van der Waals surface area contributed by atoms with Gasteiger partial charge in [0, 0.05) is 15.4 Å². The van der Waals surface area contributed by atoms with Gasteiger partial charge in [-0.05, 0) is 75.1 Å². The smallest absolute Gasteiger partial charge is 0.0843 e. The van der Waals surface area contributed by atoms with Crippen LogP contribution in [-0.4, -0.2) is 6.54 Å².